The molecule has 1 saturated heterocycles. The molecule has 0 aliphatic carbocycles. The molecule has 2 heterocycles. The Kier molecular flexibility index (Phi) is 5.32. The molecule has 1 aliphatic heterocycles. The van der Waals surface area contributed by atoms with Crippen molar-refractivity contribution in [2.24, 2.45) is 0 Å². The van der Waals surface area contributed by atoms with E-state index in [0.717, 1.165) is 5.69 Å². The van der Waals surface area contributed by atoms with Gasteiger partial charge < -0.3 is 14.7 Å². The quantitative estimate of drug-likeness (QED) is 0.909. The number of carboxylic acid groups (broad SMARTS) is 1. The number of hydrogen-bond acceptors (Lipinski definition) is 4. The van der Waals surface area contributed by atoms with E-state index in [1.165, 1.54) is 0 Å². The number of aliphatic carboxylic acids is 1. The predicted octanol–water partition coefficient (Wildman–Crippen LogP) is 2.08. The summed E-state index contributed by atoms with van der Waals surface area (Å²) >= 11 is 0. The lowest BCUT2D eigenvalue weighted by molar-refractivity contribution is -0.141. The van der Waals surface area contributed by atoms with Crippen molar-refractivity contribution in [1.29, 1.82) is 0 Å². The Morgan fingerprint density at radius 1 is 1.42 bits per heavy atom. The third-order valence-corrected chi connectivity index (χ3v) is 4.01. The van der Waals surface area contributed by atoms with Gasteiger partial charge in [-0.3, -0.25) is 14.3 Å². The highest BCUT2D eigenvalue weighted by Crippen LogP contribution is 2.24. The van der Waals surface area contributed by atoms with Gasteiger partial charge in [0, 0.05) is 18.8 Å². The molecule has 1 N–H and O–H groups in total. The van der Waals surface area contributed by atoms with Crippen LogP contribution in [-0.4, -0.2) is 57.5 Å². The molecule has 1 amide bonds. The van der Waals surface area contributed by atoms with Crippen molar-refractivity contribution in [3.8, 4) is 0 Å². The third kappa shape index (κ3) is 4.14. The summed E-state index contributed by atoms with van der Waals surface area (Å²) in [6.45, 7) is 11.4. The van der Waals surface area contributed by atoms with Gasteiger partial charge >= 0.3 is 5.97 Å². The first-order chi connectivity index (χ1) is 11.1. The summed E-state index contributed by atoms with van der Waals surface area (Å²) in [5, 5.41) is 13.4. The minimum absolute atomic E-state index is 0.0997. The average Bonchev–Trinajstić information content (AvgIpc) is 2.91. The van der Waals surface area contributed by atoms with Crippen LogP contribution in [0.3, 0.4) is 0 Å². The zero-order valence-corrected chi connectivity index (χ0v) is 15.1. The molecular formula is C17H27N3O4. The minimum Gasteiger partial charge on any atom is -0.481 e. The number of ether oxygens (including phenoxy) is 1. The fourth-order valence-electron chi connectivity index (χ4n) is 2.83. The monoisotopic (exact) mass is 337 g/mol. The predicted molar refractivity (Wildman–Crippen MR) is 89.2 cm³/mol. The van der Waals surface area contributed by atoms with Crippen LogP contribution in [0.2, 0.25) is 0 Å². The van der Waals surface area contributed by atoms with Crippen LogP contribution in [-0.2, 0) is 15.1 Å². The lowest BCUT2D eigenvalue weighted by Crippen LogP contribution is -2.46. The second-order valence-electron chi connectivity index (χ2n) is 7.53. The van der Waals surface area contributed by atoms with Gasteiger partial charge in [-0.05, 0) is 32.8 Å². The van der Waals surface area contributed by atoms with Crippen molar-refractivity contribution in [1.82, 2.24) is 14.7 Å². The molecule has 7 nitrogen and oxygen atoms in total. The molecule has 0 unspecified atom stereocenters. The van der Waals surface area contributed by atoms with Crippen molar-refractivity contribution in [2.45, 2.75) is 58.6 Å². The van der Waals surface area contributed by atoms with Crippen molar-refractivity contribution in [2.75, 3.05) is 19.7 Å². The zero-order chi connectivity index (χ0) is 18.1. The molecule has 0 radical (unpaired) electrons. The second kappa shape index (κ2) is 6.93. The molecule has 0 spiro atoms. The van der Waals surface area contributed by atoms with Gasteiger partial charge in [0.2, 0.25) is 0 Å². The summed E-state index contributed by atoms with van der Waals surface area (Å²) in [5.74, 6) is -0.838. The number of aromatic nitrogens is 2. The van der Waals surface area contributed by atoms with Gasteiger partial charge in [0.25, 0.3) is 5.91 Å². The maximum Gasteiger partial charge on any atom is 0.306 e. The van der Waals surface area contributed by atoms with E-state index in [1.54, 1.807) is 4.90 Å². The van der Waals surface area contributed by atoms with Crippen molar-refractivity contribution >= 4 is 11.9 Å². The van der Waals surface area contributed by atoms with Crippen LogP contribution in [0, 0.1) is 0 Å². The van der Waals surface area contributed by atoms with Gasteiger partial charge in [0.15, 0.2) is 5.69 Å². The van der Waals surface area contributed by atoms with E-state index < -0.39 is 12.1 Å². The molecule has 1 fully saturated rings. The van der Waals surface area contributed by atoms with Gasteiger partial charge in [0.05, 0.1) is 24.7 Å². The molecule has 0 bridgehead atoms. The van der Waals surface area contributed by atoms with E-state index in [2.05, 4.69) is 39.7 Å². The zero-order valence-electron chi connectivity index (χ0n) is 15.1. The second-order valence-corrected chi connectivity index (χ2v) is 7.53. The fourth-order valence-corrected chi connectivity index (χ4v) is 2.83. The average molecular weight is 337 g/mol. The Labute approximate surface area is 142 Å². The topological polar surface area (TPSA) is 84.7 Å². The number of carboxylic acids is 1. The number of rotatable bonds is 4. The Bertz CT molecular complexity index is 616. The maximum atomic E-state index is 12.8. The van der Waals surface area contributed by atoms with Gasteiger partial charge in [-0.25, -0.2) is 0 Å². The van der Waals surface area contributed by atoms with E-state index >= 15 is 0 Å². The van der Waals surface area contributed by atoms with Crippen LogP contribution in [0.4, 0.5) is 0 Å². The first-order valence-corrected chi connectivity index (χ1v) is 8.32. The molecule has 0 aromatic carbocycles. The first-order valence-electron chi connectivity index (χ1n) is 8.32. The van der Waals surface area contributed by atoms with E-state index in [0.29, 0.717) is 18.8 Å². The van der Waals surface area contributed by atoms with E-state index in [-0.39, 0.29) is 30.3 Å². The molecule has 1 aliphatic rings. The summed E-state index contributed by atoms with van der Waals surface area (Å²) in [4.78, 5) is 25.3. The lowest BCUT2D eigenvalue weighted by atomic mass is 10.1. The number of morpholine rings is 1. The van der Waals surface area contributed by atoms with Crippen molar-refractivity contribution in [3.63, 3.8) is 0 Å². The minimum atomic E-state index is -0.923. The number of nitrogens with zero attached hydrogens (tertiary/aromatic N) is 3. The van der Waals surface area contributed by atoms with Crippen LogP contribution in [0.15, 0.2) is 6.07 Å². The fraction of sp³-hybridized carbons (Fsp3) is 0.706. The van der Waals surface area contributed by atoms with Crippen molar-refractivity contribution < 1.29 is 19.4 Å². The summed E-state index contributed by atoms with van der Waals surface area (Å²) in [5.41, 5.74) is 1.21. The molecule has 1 aromatic rings. The van der Waals surface area contributed by atoms with E-state index in [9.17, 15) is 9.59 Å². The number of hydrogen-bond donors (Lipinski definition) is 1. The molecule has 24 heavy (non-hydrogen) atoms. The summed E-state index contributed by atoms with van der Waals surface area (Å²) in [6, 6.07) is 1.85. The number of amides is 1. The SMILES string of the molecule is CC(C)c1cc(C(=O)N2CCO[C@H](CC(=O)O)C2)nn1C(C)(C)C. The van der Waals surface area contributed by atoms with Gasteiger partial charge in [-0.15, -0.1) is 0 Å². The van der Waals surface area contributed by atoms with Crippen LogP contribution in [0.1, 0.15) is 63.1 Å². The molecule has 134 valence electrons. The summed E-state index contributed by atoms with van der Waals surface area (Å²) in [6.07, 6.45) is -0.563. The van der Waals surface area contributed by atoms with Crippen LogP contribution in [0.5, 0.6) is 0 Å². The molecule has 7 heteroatoms. The van der Waals surface area contributed by atoms with Gasteiger partial charge in [-0.2, -0.15) is 5.10 Å². The summed E-state index contributed by atoms with van der Waals surface area (Å²) < 4.78 is 7.33. The molecule has 2 rings (SSSR count). The first kappa shape index (κ1) is 18.4. The Hall–Kier alpha value is -1.89. The number of carbonyl (C=O) groups is 2. The molecule has 1 atom stereocenters. The third-order valence-electron chi connectivity index (χ3n) is 4.01. The van der Waals surface area contributed by atoms with E-state index in [4.69, 9.17) is 9.84 Å². The van der Waals surface area contributed by atoms with Gasteiger partial charge in [-0.1, -0.05) is 13.8 Å². The van der Waals surface area contributed by atoms with Crippen LogP contribution in [0.25, 0.3) is 0 Å². The van der Waals surface area contributed by atoms with Crippen LogP contribution >= 0.6 is 0 Å². The van der Waals surface area contributed by atoms with Gasteiger partial charge in [0.1, 0.15) is 0 Å². The standard InChI is InChI=1S/C17H27N3O4/c1-11(2)14-9-13(18-20(14)17(3,4)5)16(23)19-6-7-24-12(10-19)8-15(21)22/h9,11-12H,6-8,10H2,1-5H3,(H,21,22)/t12-/m1/s1. The molecular weight excluding hydrogens is 310 g/mol. The Morgan fingerprint density at radius 3 is 2.58 bits per heavy atom. The lowest BCUT2D eigenvalue weighted by Gasteiger charge is -2.31. The Balaban J connectivity index is 2.22. The largest absolute Gasteiger partial charge is 0.481 e. The van der Waals surface area contributed by atoms with Crippen molar-refractivity contribution in [3.05, 3.63) is 17.5 Å². The highest BCUT2D eigenvalue weighted by Gasteiger charge is 2.30. The summed E-state index contributed by atoms with van der Waals surface area (Å²) in [7, 11) is 0. The van der Waals surface area contributed by atoms with Crippen LogP contribution < -0.4 is 0 Å². The highest BCUT2D eigenvalue weighted by molar-refractivity contribution is 5.92. The smallest absolute Gasteiger partial charge is 0.306 e. The maximum absolute atomic E-state index is 12.8. The molecule has 1 aromatic heterocycles. The number of carbonyl (C=O) groups excluding carboxylic acids is 1. The molecule has 0 saturated carbocycles. The Morgan fingerprint density at radius 2 is 2.08 bits per heavy atom. The normalized spacial score (nSPS) is 18.9. The van der Waals surface area contributed by atoms with E-state index in [1.807, 2.05) is 10.7 Å². The highest BCUT2D eigenvalue weighted by atomic mass is 16.5.